The van der Waals surface area contributed by atoms with Gasteiger partial charge in [0.25, 0.3) is 0 Å². The van der Waals surface area contributed by atoms with Gasteiger partial charge in [0.15, 0.2) is 0 Å². The molecule has 0 amide bonds. The van der Waals surface area contributed by atoms with Gasteiger partial charge in [0.05, 0.1) is 29.1 Å². The average Bonchev–Trinajstić information content (AvgIpc) is 2.24. The quantitative estimate of drug-likeness (QED) is 0.482. The van der Waals surface area contributed by atoms with E-state index >= 15 is 0 Å². The molecule has 3 N–H and O–H groups in total. The second-order valence-electron chi connectivity index (χ2n) is 3.79. The fourth-order valence-electron chi connectivity index (χ4n) is 1.22. The molecule has 0 spiro atoms. The van der Waals surface area contributed by atoms with E-state index in [2.05, 4.69) is 27.8 Å². The van der Waals surface area contributed by atoms with Gasteiger partial charge in [-0.15, -0.1) is 0 Å². The number of nitrogen functional groups attached to an aromatic ring is 1. The van der Waals surface area contributed by atoms with Crippen molar-refractivity contribution in [2.24, 2.45) is 0 Å². The Morgan fingerprint density at radius 2 is 2.29 bits per heavy atom. The van der Waals surface area contributed by atoms with Gasteiger partial charge in [0.1, 0.15) is 5.82 Å². The Bertz CT molecular complexity index is 410. The fourth-order valence-corrected chi connectivity index (χ4v) is 1.56. The molecule has 0 aromatic heterocycles. The number of benzene rings is 1. The largest absolute Gasteiger partial charge is 0.397 e. The lowest BCUT2D eigenvalue weighted by Gasteiger charge is -2.10. The van der Waals surface area contributed by atoms with Crippen LogP contribution in [0.3, 0.4) is 0 Å². The third kappa shape index (κ3) is 4.75. The smallest absolute Gasteiger partial charge is 0.139 e. The number of hydrogen-bond acceptors (Lipinski definition) is 3. The Kier molecular flexibility index (Phi) is 5.44. The summed E-state index contributed by atoms with van der Waals surface area (Å²) in [5, 5.41) is 3.08. The van der Waals surface area contributed by atoms with Crippen LogP contribution in [0.5, 0.6) is 0 Å². The Balaban J connectivity index is 2.41. The fraction of sp³-hybridized carbons (Fsp3) is 0.333. The van der Waals surface area contributed by atoms with Gasteiger partial charge < -0.3 is 15.8 Å². The minimum atomic E-state index is -0.369. The lowest BCUT2D eigenvalue weighted by atomic mass is 10.2. The van der Waals surface area contributed by atoms with Crippen molar-refractivity contribution in [3.05, 3.63) is 34.6 Å². The molecule has 0 bridgehead atoms. The van der Waals surface area contributed by atoms with Gasteiger partial charge in [-0.3, -0.25) is 0 Å². The zero-order valence-corrected chi connectivity index (χ0v) is 11.3. The van der Waals surface area contributed by atoms with Gasteiger partial charge >= 0.3 is 0 Å². The predicted octanol–water partition coefficient (Wildman–Crippen LogP) is 3.18. The lowest BCUT2D eigenvalue weighted by Crippen LogP contribution is -2.11. The molecule has 3 nitrogen and oxygen atoms in total. The van der Waals surface area contributed by atoms with Crippen molar-refractivity contribution in [2.75, 3.05) is 30.8 Å². The maximum Gasteiger partial charge on any atom is 0.139 e. The molecule has 0 unspecified atom stereocenters. The SMILES string of the molecule is C=C(C)COCCNc1cc(Br)c(F)cc1N. The van der Waals surface area contributed by atoms with E-state index < -0.39 is 0 Å². The van der Waals surface area contributed by atoms with Crippen molar-refractivity contribution in [1.82, 2.24) is 0 Å². The molecule has 5 heteroatoms. The number of rotatable bonds is 6. The van der Waals surface area contributed by atoms with Crippen LogP contribution < -0.4 is 11.1 Å². The Hall–Kier alpha value is -1.07. The van der Waals surface area contributed by atoms with Crippen LogP contribution in [-0.2, 0) is 4.74 Å². The van der Waals surface area contributed by atoms with Crippen molar-refractivity contribution in [3.63, 3.8) is 0 Å². The molecule has 1 aromatic carbocycles. The van der Waals surface area contributed by atoms with Crippen molar-refractivity contribution in [2.45, 2.75) is 6.92 Å². The molecule has 0 fully saturated rings. The van der Waals surface area contributed by atoms with E-state index in [1.165, 1.54) is 6.07 Å². The van der Waals surface area contributed by atoms with Crippen LogP contribution in [0.1, 0.15) is 6.92 Å². The molecule has 1 rings (SSSR count). The minimum Gasteiger partial charge on any atom is -0.397 e. The average molecular weight is 303 g/mol. The summed E-state index contributed by atoms with van der Waals surface area (Å²) in [6.45, 7) is 7.33. The zero-order valence-electron chi connectivity index (χ0n) is 9.72. The standard InChI is InChI=1S/C12H16BrFN2O/c1-8(2)7-17-4-3-16-12-5-9(13)10(14)6-11(12)15/h5-6,16H,1,3-4,7,15H2,2H3. The number of nitrogens with two attached hydrogens (primary N) is 1. The third-order valence-corrected chi connectivity index (χ3v) is 2.61. The summed E-state index contributed by atoms with van der Waals surface area (Å²) in [7, 11) is 0. The summed E-state index contributed by atoms with van der Waals surface area (Å²) in [5.74, 6) is -0.369. The van der Waals surface area contributed by atoms with Crippen LogP contribution in [0, 0.1) is 5.82 Å². The van der Waals surface area contributed by atoms with Crippen LogP contribution in [0.15, 0.2) is 28.8 Å². The van der Waals surface area contributed by atoms with E-state index in [-0.39, 0.29) is 5.82 Å². The van der Waals surface area contributed by atoms with Crippen LogP contribution in [0.2, 0.25) is 0 Å². The van der Waals surface area contributed by atoms with Crippen molar-refractivity contribution < 1.29 is 9.13 Å². The molecule has 94 valence electrons. The number of anilines is 2. The summed E-state index contributed by atoms with van der Waals surface area (Å²) in [6.07, 6.45) is 0. The molecule has 0 aliphatic carbocycles. The second kappa shape index (κ2) is 6.61. The molecule has 0 aliphatic rings. The van der Waals surface area contributed by atoms with Crippen molar-refractivity contribution in [1.29, 1.82) is 0 Å². The highest BCUT2D eigenvalue weighted by Crippen LogP contribution is 2.26. The van der Waals surface area contributed by atoms with Crippen molar-refractivity contribution in [3.8, 4) is 0 Å². The molecule has 0 aliphatic heterocycles. The molecule has 0 radical (unpaired) electrons. The molecule has 0 saturated heterocycles. The highest BCUT2D eigenvalue weighted by atomic mass is 79.9. The highest BCUT2D eigenvalue weighted by Gasteiger charge is 2.05. The second-order valence-corrected chi connectivity index (χ2v) is 4.64. The van der Waals surface area contributed by atoms with Crippen LogP contribution >= 0.6 is 15.9 Å². The van der Waals surface area contributed by atoms with E-state index in [0.717, 1.165) is 5.57 Å². The number of ether oxygens (including phenoxy) is 1. The maximum atomic E-state index is 13.1. The summed E-state index contributed by atoms with van der Waals surface area (Å²) >= 11 is 3.11. The van der Waals surface area contributed by atoms with E-state index in [4.69, 9.17) is 10.5 Å². The molecular formula is C12H16BrFN2O. The minimum absolute atomic E-state index is 0.369. The number of hydrogen-bond donors (Lipinski definition) is 2. The molecule has 17 heavy (non-hydrogen) atoms. The van der Waals surface area contributed by atoms with Gasteiger partial charge in [0.2, 0.25) is 0 Å². The van der Waals surface area contributed by atoms with Gasteiger partial charge in [-0.05, 0) is 28.9 Å². The Labute approximate surface area is 109 Å². The first-order chi connectivity index (χ1) is 8.00. The first kappa shape index (κ1) is 14.0. The summed E-state index contributed by atoms with van der Waals surface area (Å²) in [5.41, 5.74) is 7.73. The van der Waals surface area contributed by atoms with E-state index in [1.807, 2.05) is 6.92 Å². The molecule has 0 saturated carbocycles. The van der Waals surface area contributed by atoms with Gasteiger partial charge in [-0.2, -0.15) is 0 Å². The summed E-state index contributed by atoms with van der Waals surface area (Å²) in [6, 6.07) is 2.89. The predicted molar refractivity (Wildman–Crippen MR) is 72.6 cm³/mol. The van der Waals surface area contributed by atoms with E-state index in [1.54, 1.807) is 6.07 Å². The maximum absolute atomic E-state index is 13.1. The van der Waals surface area contributed by atoms with E-state index in [9.17, 15) is 4.39 Å². The Morgan fingerprint density at radius 1 is 1.59 bits per heavy atom. The molecule has 0 heterocycles. The van der Waals surface area contributed by atoms with Gasteiger partial charge in [0, 0.05) is 12.6 Å². The molecule has 1 aromatic rings. The summed E-state index contributed by atoms with van der Waals surface area (Å²) < 4.78 is 18.8. The van der Waals surface area contributed by atoms with Crippen LogP contribution in [0.25, 0.3) is 0 Å². The highest BCUT2D eigenvalue weighted by molar-refractivity contribution is 9.10. The molecule has 0 atom stereocenters. The third-order valence-electron chi connectivity index (χ3n) is 2.00. The first-order valence-electron chi connectivity index (χ1n) is 5.21. The zero-order chi connectivity index (χ0) is 12.8. The van der Waals surface area contributed by atoms with Crippen LogP contribution in [-0.4, -0.2) is 19.8 Å². The first-order valence-corrected chi connectivity index (χ1v) is 6.00. The number of nitrogens with one attached hydrogen (secondary N) is 1. The lowest BCUT2D eigenvalue weighted by molar-refractivity contribution is 0.167. The van der Waals surface area contributed by atoms with Gasteiger partial charge in [-0.25, -0.2) is 4.39 Å². The van der Waals surface area contributed by atoms with Crippen LogP contribution in [0.4, 0.5) is 15.8 Å². The van der Waals surface area contributed by atoms with Gasteiger partial charge in [-0.1, -0.05) is 12.2 Å². The van der Waals surface area contributed by atoms with E-state index in [0.29, 0.717) is 35.6 Å². The molecular weight excluding hydrogens is 287 g/mol. The van der Waals surface area contributed by atoms with Crippen molar-refractivity contribution >= 4 is 27.3 Å². The monoisotopic (exact) mass is 302 g/mol. The Morgan fingerprint density at radius 3 is 2.94 bits per heavy atom. The normalized spacial score (nSPS) is 10.3. The number of halogens is 2. The summed E-state index contributed by atoms with van der Waals surface area (Å²) in [4.78, 5) is 0. The topological polar surface area (TPSA) is 47.3 Å².